The van der Waals surface area contributed by atoms with Crippen LogP contribution in [0.1, 0.15) is 47.2 Å². The SMILES string of the molecule is Cn1ccc(S(=O)(=O)N(Cc2ccccc2)c2cccc(N3CCCC3=O)c2)n1.Cn1ccc(S(=O)(=O)O)n1.O=C(NCc1ccc(Cl)cc1)c1cccc(N2CCCC2=O)c1. The Hall–Kier alpha value is -6.34. The standard InChI is InChI=1S/C21H22N4O3S.C18H17ClN2O2.C4H6N2O3S/c1-23-14-12-20(22-23)29(27,28)25(16-17-7-3-2-4-8-17)19-10-5-9-18(15-19)24-13-6-11-21(24)26;19-15-8-6-13(7-9-15)12-20-18(23)14-3-1-4-16(11-14)21-10-2-5-17(21)22;1-6-3-2-4(5-6)10(7,8)9/h2-5,7-10,12,14-15H,6,11,13,16H2,1H3;1,3-4,6-9,11H,2,5,10,12H2,(H,20,23);2-3H,1H3,(H,7,8,9). The van der Waals surface area contributed by atoms with E-state index < -0.39 is 20.1 Å². The molecule has 0 radical (unpaired) electrons. The molecule has 0 unspecified atom stereocenters. The van der Waals surface area contributed by atoms with Crippen molar-refractivity contribution in [3.63, 3.8) is 0 Å². The average molecular weight is 901 g/mol. The van der Waals surface area contributed by atoms with Gasteiger partial charge in [0.15, 0.2) is 5.03 Å². The number of hydrogen-bond acceptors (Lipinski definition) is 9. The molecule has 2 aliphatic rings. The van der Waals surface area contributed by atoms with Gasteiger partial charge in [-0.05, 0) is 84.6 Å². The number of hydrogen-bond donors (Lipinski definition) is 2. The summed E-state index contributed by atoms with van der Waals surface area (Å²) in [5, 5.41) is 10.8. The van der Waals surface area contributed by atoms with E-state index in [2.05, 4.69) is 15.5 Å². The summed E-state index contributed by atoms with van der Waals surface area (Å²) < 4.78 is 60.0. The number of aromatic nitrogens is 4. The van der Waals surface area contributed by atoms with Crippen molar-refractivity contribution >= 4 is 66.5 Å². The van der Waals surface area contributed by atoms with Crippen molar-refractivity contribution in [3.8, 4) is 0 Å². The second-order valence-electron chi connectivity index (χ2n) is 14.3. The number of benzene rings is 4. The summed E-state index contributed by atoms with van der Waals surface area (Å²) in [5.74, 6) is 0.0153. The fraction of sp³-hybridized carbons (Fsp3) is 0.233. The molecule has 2 aliphatic heterocycles. The summed E-state index contributed by atoms with van der Waals surface area (Å²) in [4.78, 5) is 39.7. The first-order chi connectivity index (χ1) is 29.6. The van der Waals surface area contributed by atoms with E-state index >= 15 is 0 Å². The van der Waals surface area contributed by atoms with Gasteiger partial charge in [0.25, 0.3) is 15.9 Å². The zero-order valence-corrected chi connectivity index (χ0v) is 36.3. The first-order valence-corrected chi connectivity index (χ1v) is 22.7. The monoisotopic (exact) mass is 900 g/mol. The molecule has 19 heteroatoms. The Labute approximate surface area is 365 Å². The van der Waals surface area contributed by atoms with Gasteiger partial charge in [-0.2, -0.15) is 27.0 Å². The summed E-state index contributed by atoms with van der Waals surface area (Å²) in [6.45, 7) is 1.96. The van der Waals surface area contributed by atoms with E-state index in [1.165, 1.54) is 32.0 Å². The normalized spacial score (nSPS) is 13.9. The van der Waals surface area contributed by atoms with Gasteiger partial charge >= 0.3 is 10.1 Å². The predicted octanol–water partition coefficient (Wildman–Crippen LogP) is 6.01. The minimum Gasteiger partial charge on any atom is -0.348 e. The van der Waals surface area contributed by atoms with Gasteiger partial charge in [-0.25, -0.2) is 0 Å². The van der Waals surface area contributed by atoms with Crippen LogP contribution in [0, 0.1) is 0 Å². The quantitative estimate of drug-likeness (QED) is 0.145. The number of carbonyl (C=O) groups excluding carboxylic acids is 3. The minimum absolute atomic E-state index is 0.0152. The van der Waals surface area contributed by atoms with Crippen LogP contribution in [0.2, 0.25) is 5.02 Å². The Kier molecular flexibility index (Phi) is 14.6. The Balaban J connectivity index is 0.000000173. The fourth-order valence-electron chi connectivity index (χ4n) is 6.60. The topological polar surface area (TPSA) is 197 Å². The molecule has 0 atom stereocenters. The fourth-order valence-corrected chi connectivity index (χ4v) is 8.59. The first-order valence-electron chi connectivity index (χ1n) is 19.5. The molecule has 6 aromatic rings. The van der Waals surface area contributed by atoms with Crippen LogP contribution in [-0.4, -0.2) is 71.8 Å². The van der Waals surface area contributed by atoms with Crippen LogP contribution in [0.15, 0.2) is 138 Å². The molecule has 8 rings (SSSR count). The molecule has 4 aromatic carbocycles. The maximum Gasteiger partial charge on any atom is 0.313 e. The summed E-state index contributed by atoms with van der Waals surface area (Å²) in [6.07, 6.45) is 5.81. The van der Waals surface area contributed by atoms with Gasteiger partial charge in [0.2, 0.25) is 16.8 Å². The van der Waals surface area contributed by atoms with Crippen molar-refractivity contribution in [3.05, 3.63) is 149 Å². The van der Waals surface area contributed by atoms with Gasteiger partial charge in [-0.1, -0.05) is 66.2 Å². The van der Waals surface area contributed by atoms with Crippen molar-refractivity contribution in [1.29, 1.82) is 0 Å². The summed E-state index contributed by atoms with van der Waals surface area (Å²) in [7, 11) is -4.76. The molecular weight excluding hydrogens is 856 g/mol. The van der Waals surface area contributed by atoms with Crippen LogP contribution >= 0.6 is 11.6 Å². The molecule has 4 heterocycles. The number of aryl methyl sites for hydroxylation is 2. The van der Waals surface area contributed by atoms with Crippen LogP contribution in [-0.2, 0) is 56.9 Å². The molecule has 2 fully saturated rings. The summed E-state index contributed by atoms with van der Waals surface area (Å²) in [5.41, 5.74) is 4.38. The third kappa shape index (κ3) is 11.7. The van der Waals surface area contributed by atoms with Crippen molar-refractivity contribution < 1.29 is 35.8 Å². The second kappa shape index (κ2) is 20.0. The smallest absolute Gasteiger partial charge is 0.313 e. The number of rotatable bonds is 11. The van der Waals surface area contributed by atoms with E-state index in [1.54, 1.807) is 78.6 Å². The Bertz CT molecular complexity index is 2740. The average Bonchev–Trinajstić information content (AvgIpc) is 4.10. The molecule has 2 N–H and O–H groups in total. The molecule has 0 aliphatic carbocycles. The molecular formula is C43H45ClN8O8S2. The van der Waals surface area contributed by atoms with Crippen molar-refractivity contribution in [1.82, 2.24) is 24.9 Å². The Morgan fingerprint density at radius 2 is 1.27 bits per heavy atom. The van der Waals surface area contributed by atoms with Gasteiger partial charge in [0.1, 0.15) is 0 Å². The van der Waals surface area contributed by atoms with E-state index in [1.807, 2.05) is 54.6 Å². The van der Waals surface area contributed by atoms with Gasteiger partial charge in [-0.3, -0.25) is 32.6 Å². The van der Waals surface area contributed by atoms with Gasteiger partial charge in [0, 0.05) is 80.9 Å². The third-order valence-corrected chi connectivity index (χ3v) is 12.4. The maximum absolute atomic E-state index is 13.4. The summed E-state index contributed by atoms with van der Waals surface area (Å²) >= 11 is 5.84. The third-order valence-electron chi connectivity index (χ3n) is 9.73. The van der Waals surface area contributed by atoms with Gasteiger partial charge in [0.05, 0.1) is 12.2 Å². The highest BCUT2D eigenvalue weighted by molar-refractivity contribution is 7.92. The molecule has 0 saturated carbocycles. The number of carbonyl (C=O) groups is 3. The number of nitrogens with zero attached hydrogens (tertiary/aromatic N) is 7. The highest BCUT2D eigenvalue weighted by atomic mass is 35.5. The van der Waals surface area contributed by atoms with Crippen molar-refractivity contribution in [2.75, 3.05) is 27.2 Å². The number of halogens is 1. The van der Waals surface area contributed by atoms with Crippen LogP contribution in [0.4, 0.5) is 17.1 Å². The maximum atomic E-state index is 13.4. The molecule has 2 saturated heterocycles. The lowest BCUT2D eigenvalue weighted by atomic mass is 10.1. The number of nitrogens with one attached hydrogen (secondary N) is 1. The van der Waals surface area contributed by atoms with Crippen LogP contribution in [0.3, 0.4) is 0 Å². The molecule has 16 nitrogen and oxygen atoms in total. The number of anilines is 3. The van der Waals surface area contributed by atoms with Crippen LogP contribution in [0.5, 0.6) is 0 Å². The number of amides is 3. The molecule has 324 valence electrons. The van der Waals surface area contributed by atoms with E-state index in [4.69, 9.17) is 16.2 Å². The van der Waals surface area contributed by atoms with Gasteiger partial charge < -0.3 is 15.1 Å². The molecule has 0 spiro atoms. The van der Waals surface area contributed by atoms with Crippen molar-refractivity contribution in [2.45, 2.75) is 48.8 Å². The minimum atomic E-state index is -4.11. The Morgan fingerprint density at radius 3 is 1.79 bits per heavy atom. The largest absolute Gasteiger partial charge is 0.348 e. The molecule has 3 amide bonds. The highest BCUT2D eigenvalue weighted by Crippen LogP contribution is 2.31. The molecule has 2 aromatic heterocycles. The summed E-state index contributed by atoms with van der Waals surface area (Å²) in [6, 6.07) is 33.7. The lowest BCUT2D eigenvalue weighted by Crippen LogP contribution is -2.31. The second-order valence-corrected chi connectivity index (χ2v) is 17.9. The lowest BCUT2D eigenvalue weighted by molar-refractivity contribution is -0.117. The highest BCUT2D eigenvalue weighted by Gasteiger charge is 2.29. The van der Waals surface area contributed by atoms with E-state index in [9.17, 15) is 31.2 Å². The van der Waals surface area contributed by atoms with Gasteiger partial charge in [-0.15, -0.1) is 0 Å². The molecule has 62 heavy (non-hydrogen) atoms. The lowest BCUT2D eigenvalue weighted by Gasteiger charge is -2.25. The van der Waals surface area contributed by atoms with Crippen LogP contribution < -0.4 is 19.4 Å². The Morgan fingerprint density at radius 1 is 0.710 bits per heavy atom. The van der Waals surface area contributed by atoms with E-state index in [0.29, 0.717) is 54.4 Å². The zero-order valence-electron chi connectivity index (χ0n) is 33.9. The zero-order chi connectivity index (χ0) is 44.4. The van der Waals surface area contributed by atoms with E-state index in [0.717, 1.165) is 29.7 Å². The predicted molar refractivity (Wildman–Crippen MR) is 235 cm³/mol. The first kappa shape index (κ1) is 45.2. The van der Waals surface area contributed by atoms with Crippen molar-refractivity contribution in [2.24, 2.45) is 14.1 Å². The van der Waals surface area contributed by atoms with E-state index in [-0.39, 0.29) is 34.3 Å². The number of sulfonamides is 1. The van der Waals surface area contributed by atoms with Crippen LogP contribution in [0.25, 0.3) is 0 Å². The molecule has 0 bridgehead atoms.